The zero-order valence-corrected chi connectivity index (χ0v) is 13.1. The molecule has 0 atom stereocenters. The minimum atomic E-state index is -0.425. The molecule has 0 aliphatic heterocycles. The normalized spacial score (nSPS) is 10.2. The van der Waals surface area contributed by atoms with Crippen molar-refractivity contribution in [2.24, 2.45) is 0 Å². The number of nitro groups is 1. The average molecular weight is 351 g/mol. The highest BCUT2D eigenvalue weighted by atomic mass is 79.9. The van der Waals surface area contributed by atoms with Crippen LogP contribution in [-0.4, -0.2) is 16.5 Å². The van der Waals surface area contributed by atoms with E-state index in [0.717, 1.165) is 16.6 Å². The van der Waals surface area contributed by atoms with Crippen LogP contribution in [0.5, 0.6) is 0 Å². The molecule has 2 aromatic rings. The Bertz CT molecular complexity index is 631. The second kappa shape index (κ2) is 7.03. The van der Waals surface area contributed by atoms with Crippen LogP contribution >= 0.6 is 15.9 Å². The fraction of sp³-hybridized carbons (Fsp3) is 0.214. The van der Waals surface area contributed by atoms with E-state index in [4.69, 9.17) is 0 Å². The Morgan fingerprint density at radius 2 is 1.90 bits per heavy atom. The van der Waals surface area contributed by atoms with Gasteiger partial charge in [-0.1, -0.05) is 22.9 Å². The number of halogens is 1. The summed E-state index contributed by atoms with van der Waals surface area (Å²) >= 11 is 3.36. The molecule has 0 aliphatic rings. The van der Waals surface area contributed by atoms with E-state index in [-0.39, 0.29) is 5.69 Å². The van der Waals surface area contributed by atoms with Crippen molar-refractivity contribution in [2.45, 2.75) is 13.3 Å². The van der Waals surface area contributed by atoms with E-state index >= 15 is 0 Å². The van der Waals surface area contributed by atoms with Crippen molar-refractivity contribution in [1.82, 2.24) is 4.98 Å². The standard InChI is InChI=1S/C14H15BrN4O2/c1-2-7-16-13-8-12(19(20)21)9-14(18-13)17-11-5-3-10(15)4-6-11/h3-6,8-9H,2,7H2,1H3,(H2,16,17,18). The number of rotatable bonds is 6. The number of nitrogens with one attached hydrogen (secondary N) is 2. The lowest BCUT2D eigenvalue weighted by atomic mass is 10.3. The Kier molecular flexibility index (Phi) is 5.10. The second-order valence-electron chi connectivity index (χ2n) is 4.41. The van der Waals surface area contributed by atoms with Crippen molar-refractivity contribution in [2.75, 3.05) is 17.2 Å². The van der Waals surface area contributed by atoms with Gasteiger partial charge in [-0.05, 0) is 30.7 Å². The lowest BCUT2D eigenvalue weighted by Crippen LogP contribution is -2.04. The van der Waals surface area contributed by atoms with Gasteiger partial charge >= 0.3 is 0 Å². The van der Waals surface area contributed by atoms with E-state index in [0.29, 0.717) is 18.2 Å². The molecule has 0 amide bonds. The predicted octanol–water partition coefficient (Wildman–Crippen LogP) is 4.32. The molecule has 1 aromatic heterocycles. The zero-order chi connectivity index (χ0) is 15.2. The van der Waals surface area contributed by atoms with Crippen molar-refractivity contribution in [3.63, 3.8) is 0 Å². The van der Waals surface area contributed by atoms with Crippen molar-refractivity contribution in [3.05, 3.63) is 51.0 Å². The molecule has 0 spiro atoms. The van der Waals surface area contributed by atoms with Crippen LogP contribution in [0.1, 0.15) is 13.3 Å². The molecule has 2 rings (SSSR count). The third-order valence-corrected chi connectivity index (χ3v) is 3.22. The minimum absolute atomic E-state index is 0.00298. The quantitative estimate of drug-likeness (QED) is 0.599. The molecule has 6 nitrogen and oxygen atoms in total. The maximum Gasteiger partial charge on any atom is 0.276 e. The SMILES string of the molecule is CCCNc1cc([N+](=O)[O-])cc(Nc2ccc(Br)cc2)n1. The molecule has 0 fully saturated rings. The molecule has 1 heterocycles. The Morgan fingerprint density at radius 3 is 2.52 bits per heavy atom. The Labute approximate surface area is 130 Å². The number of benzene rings is 1. The summed E-state index contributed by atoms with van der Waals surface area (Å²) in [4.78, 5) is 14.9. The van der Waals surface area contributed by atoms with Gasteiger partial charge in [0.15, 0.2) is 0 Å². The first-order chi connectivity index (χ1) is 10.1. The highest BCUT2D eigenvalue weighted by molar-refractivity contribution is 9.10. The monoisotopic (exact) mass is 350 g/mol. The van der Waals surface area contributed by atoms with Crippen LogP contribution < -0.4 is 10.6 Å². The molecule has 0 aliphatic carbocycles. The van der Waals surface area contributed by atoms with E-state index in [1.807, 2.05) is 31.2 Å². The van der Waals surface area contributed by atoms with Gasteiger partial charge in [0.25, 0.3) is 5.69 Å². The summed E-state index contributed by atoms with van der Waals surface area (Å²) in [5, 5.41) is 17.1. The lowest BCUT2D eigenvalue weighted by Gasteiger charge is -2.09. The van der Waals surface area contributed by atoms with Gasteiger partial charge < -0.3 is 10.6 Å². The first-order valence-corrected chi connectivity index (χ1v) is 7.30. The maximum absolute atomic E-state index is 11.0. The summed E-state index contributed by atoms with van der Waals surface area (Å²) in [5.41, 5.74) is 0.816. The van der Waals surface area contributed by atoms with Gasteiger partial charge in [-0.3, -0.25) is 10.1 Å². The third kappa shape index (κ3) is 4.42. The van der Waals surface area contributed by atoms with Crippen LogP contribution in [0.15, 0.2) is 40.9 Å². The van der Waals surface area contributed by atoms with Crippen LogP contribution in [0.3, 0.4) is 0 Å². The fourth-order valence-corrected chi connectivity index (χ4v) is 1.97. The Morgan fingerprint density at radius 1 is 1.24 bits per heavy atom. The molecule has 2 N–H and O–H groups in total. The third-order valence-electron chi connectivity index (χ3n) is 2.69. The Hall–Kier alpha value is -2.15. The van der Waals surface area contributed by atoms with Gasteiger partial charge in [-0.2, -0.15) is 0 Å². The van der Waals surface area contributed by atoms with Gasteiger partial charge in [0.05, 0.1) is 17.1 Å². The first kappa shape index (κ1) is 15.2. The van der Waals surface area contributed by atoms with E-state index in [9.17, 15) is 10.1 Å². The highest BCUT2D eigenvalue weighted by Gasteiger charge is 2.11. The summed E-state index contributed by atoms with van der Waals surface area (Å²) < 4.78 is 0.963. The predicted molar refractivity (Wildman–Crippen MR) is 87.1 cm³/mol. The van der Waals surface area contributed by atoms with Crippen LogP contribution in [0.25, 0.3) is 0 Å². The van der Waals surface area contributed by atoms with Gasteiger partial charge in [0.2, 0.25) is 0 Å². The number of aromatic nitrogens is 1. The molecule has 0 saturated carbocycles. The minimum Gasteiger partial charge on any atom is -0.370 e. The van der Waals surface area contributed by atoms with Gasteiger partial charge in [0.1, 0.15) is 11.6 Å². The van der Waals surface area contributed by atoms with E-state index in [1.165, 1.54) is 12.1 Å². The summed E-state index contributed by atoms with van der Waals surface area (Å²) in [6, 6.07) is 10.3. The average Bonchev–Trinajstić information content (AvgIpc) is 2.47. The molecule has 21 heavy (non-hydrogen) atoms. The van der Waals surface area contributed by atoms with Crippen molar-refractivity contribution >= 4 is 38.9 Å². The second-order valence-corrected chi connectivity index (χ2v) is 5.33. The number of anilines is 3. The smallest absolute Gasteiger partial charge is 0.276 e. The zero-order valence-electron chi connectivity index (χ0n) is 11.5. The number of nitrogens with zero attached hydrogens (tertiary/aromatic N) is 2. The van der Waals surface area contributed by atoms with Gasteiger partial charge in [-0.25, -0.2) is 4.98 Å². The van der Waals surface area contributed by atoms with Gasteiger partial charge in [0, 0.05) is 16.7 Å². The summed E-state index contributed by atoms with van der Waals surface area (Å²) in [5.74, 6) is 0.927. The van der Waals surface area contributed by atoms with Crippen LogP contribution in [0.4, 0.5) is 23.0 Å². The molecule has 0 radical (unpaired) electrons. The Balaban J connectivity index is 2.26. The van der Waals surface area contributed by atoms with E-state index in [2.05, 4.69) is 31.5 Å². The number of pyridine rings is 1. The summed E-state index contributed by atoms with van der Waals surface area (Å²) in [7, 11) is 0. The fourth-order valence-electron chi connectivity index (χ4n) is 1.71. The van der Waals surface area contributed by atoms with E-state index in [1.54, 1.807) is 0 Å². The molecule has 110 valence electrons. The molecule has 0 saturated heterocycles. The first-order valence-electron chi connectivity index (χ1n) is 6.51. The molecule has 7 heteroatoms. The van der Waals surface area contributed by atoms with Crippen molar-refractivity contribution < 1.29 is 4.92 Å². The summed E-state index contributed by atoms with van der Waals surface area (Å²) in [6.45, 7) is 2.73. The highest BCUT2D eigenvalue weighted by Crippen LogP contribution is 2.24. The summed E-state index contributed by atoms with van der Waals surface area (Å²) in [6.07, 6.45) is 0.917. The van der Waals surface area contributed by atoms with E-state index < -0.39 is 4.92 Å². The molecule has 0 unspecified atom stereocenters. The van der Waals surface area contributed by atoms with Crippen molar-refractivity contribution in [3.8, 4) is 0 Å². The molecule has 0 bridgehead atoms. The molecular weight excluding hydrogens is 336 g/mol. The van der Waals surface area contributed by atoms with Gasteiger partial charge in [-0.15, -0.1) is 0 Å². The number of hydrogen-bond donors (Lipinski definition) is 2. The molecule has 1 aromatic carbocycles. The lowest BCUT2D eigenvalue weighted by molar-refractivity contribution is -0.384. The largest absolute Gasteiger partial charge is 0.370 e. The topological polar surface area (TPSA) is 80.1 Å². The van der Waals surface area contributed by atoms with Crippen LogP contribution in [0, 0.1) is 10.1 Å². The van der Waals surface area contributed by atoms with Crippen LogP contribution in [0.2, 0.25) is 0 Å². The number of hydrogen-bond acceptors (Lipinski definition) is 5. The molecular formula is C14H15BrN4O2. The van der Waals surface area contributed by atoms with Crippen molar-refractivity contribution in [1.29, 1.82) is 0 Å². The maximum atomic E-state index is 11.0. The van der Waals surface area contributed by atoms with Crippen LogP contribution in [-0.2, 0) is 0 Å².